The third kappa shape index (κ3) is 14.4. The predicted molar refractivity (Wildman–Crippen MR) is 119 cm³/mol. The number of phenols is 1. The third-order valence-corrected chi connectivity index (χ3v) is 5.30. The molecule has 0 amide bonds. The van der Waals surface area contributed by atoms with Crippen LogP contribution in [0.15, 0.2) is 36.4 Å². The van der Waals surface area contributed by atoms with Crippen LogP contribution >= 0.6 is 0 Å². The normalized spacial score (nSPS) is 11.4. The molecule has 0 saturated heterocycles. The summed E-state index contributed by atoms with van der Waals surface area (Å²) in [5, 5.41) is 9.74. The highest BCUT2D eigenvalue weighted by molar-refractivity contribution is 5.31. The second kappa shape index (κ2) is 18.1. The van der Waals surface area contributed by atoms with Gasteiger partial charge in [0.2, 0.25) is 0 Å². The Kier molecular flexibility index (Phi) is 15.9. The number of rotatable bonds is 18. The van der Waals surface area contributed by atoms with Crippen LogP contribution in [0.3, 0.4) is 0 Å². The van der Waals surface area contributed by atoms with Gasteiger partial charge in [0.1, 0.15) is 5.75 Å². The molecule has 0 radical (unpaired) electrons. The summed E-state index contributed by atoms with van der Waals surface area (Å²) >= 11 is 0. The van der Waals surface area contributed by atoms with Crippen LogP contribution in [0.4, 0.5) is 0 Å². The molecule has 0 heterocycles. The molecular weight excluding hydrogens is 330 g/mol. The second-order valence-electron chi connectivity index (χ2n) is 7.81. The zero-order chi connectivity index (χ0) is 19.4. The molecule has 27 heavy (non-hydrogen) atoms. The van der Waals surface area contributed by atoms with E-state index in [9.17, 15) is 5.11 Å². The first-order valence-corrected chi connectivity index (χ1v) is 11.5. The highest BCUT2D eigenvalue weighted by atomic mass is 16.3. The molecule has 0 unspecified atom stereocenters. The van der Waals surface area contributed by atoms with Crippen LogP contribution < -0.4 is 5.73 Å². The van der Waals surface area contributed by atoms with Crippen molar-refractivity contribution in [1.29, 1.82) is 0 Å². The van der Waals surface area contributed by atoms with Crippen LogP contribution in [-0.4, -0.2) is 11.7 Å². The van der Waals surface area contributed by atoms with Crippen molar-refractivity contribution in [1.82, 2.24) is 0 Å². The number of para-hydroxylation sites is 1. The summed E-state index contributed by atoms with van der Waals surface area (Å²) in [5.41, 5.74) is 6.60. The fraction of sp³-hybridized carbons (Fsp3) is 0.680. The van der Waals surface area contributed by atoms with E-state index < -0.39 is 0 Å². The number of aryl methyl sites for hydroxylation is 1. The molecule has 0 aliphatic heterocycles. The quantitative estimate of drug-likeness (QED) is 0.209. The minimum absolute atomic E-state index is 0.452. The number of unbranched alkanes of at least 4 members (excludes halogenated alkanes) is 13. The van der Waals surface area contributed by atoms with Crippen LogP contribution in [0.5, 0.6) is 5.75 Å². The summed E-state index contributed by atoms with van der Waals surface area (Å²) in [6, 6.07) is 7.72. The average Bonchev–Trinajstić information content (AvgIpc) is 2.68. The minimum Gasteiger partial charge on any atom is -0.508 e. The average molecular weight is 374 g/mol. The van der Waals surface area contributed by atoms with E-state index in [2.05, 4.69) is 12.2 Å². The first-order chi connectivity index (χ1) is 13.3. The Morgan fingerprint density at radius 3 is 1.67 bits per heavy atom. The molecule has 0 saturated carbocycles. The Morgan fingerprint density at radius 2 is 1.11 bits per heavy atom. The molecular formula is C25H43NO. The molecule has 0 bridgehead atoms. The van der Waals surface area contributed by atoms with Crippen molar-refractivity contribution in [3.63, 3.8) is 0 Å². The molecule has 0 spiro atoms. The zero-order valence-electron chi connectivity index (χ0n) is 17.5. The maximum Gasteiger partial charge on any atom is 0.118 e. The second-order valence-corrected chi connectivity index (χ2v) is 7.81. The topological polar surface area (TPSA) is 46.2 Å². The highest BCUT2D eigenvalue weighted by Crippen LogP contribution is 2.19. The molecule has 1 rings (SSSR count). The predicted octanol–water partition coefficient (Wildman–Crippen LogP) is 7.30. The number of hydrogen-bond acceptors (Lipinski definition) is 2. The van der Waals surface area contributed by atoms with Gasteiger partial charge < -0.3 is 10.8 Å². The standard InChI is InChI=1S/C25H43NO/c26-23-19-15-13-11-9-7-5-3-1-2-4-6-8-10-12-14-16-20-24-21-17-18-22-25(24)27/h1,3,17-18,21-22,27H,2,4-16,19-20,23,26H2/b3-1-. The van der Waals surface area contributed by atoms with Gasteiger partial charge in [-0.2, -0.15) is 0 Å². The maximum absolute atomic E-state index is 9.74. The van der Waals surface area contributed by atoms with Crippen LogP contribution in [0.1, 0.15) is 102 Å². The van der Waals surface area contributed by atoms with Crippen molar-refractivity contribution in [2.75, 3.05) is 6.54 Å². The number of allylic oxidation sites excluding steroid dienone is 2. The molecule has 0 aliphatic carbocycles. The van der Waals surface area contributed by atoms with Gasteiger partial charge in [0, 0.05) is 0 Å². The third-order valence-electron chi connectivity index (χ3n) is 5.30. The number of nitrogens with two attached hydrogens (primary N) is 1. The maximum atomic E-state index is 9.74. The van der Waals surface area contributed by atoms with E-state index in [0.717, 1.165) is 18.5 Å². The van der Waals surface area contributed by atoms with Crippen molar-refractivity contribution in [2.24, 2.45) is 5.73 Å². The SMILES string of the molecule is NCCCCCCCC/C=C\CCCCCCCCCc1ccccc1O. The van der Waals surface area contributed by atoms with Gasteiger partial charge in [0.05, 0.1) is 0 Å². The lowest BCUT2D eigenvalue weighted by Crippen LogP contribution is -1.97. The Morgan fingerprint density at radius 1 is 0.630 bits per heavy atom. The van der Waals surface area contributed by atoms with Gasteiger partial charge >= 0.3 is 0 Å². The molecule has 0 aromatic heterocycles. The summed E-state index contributed by atoms with van der Waals surface area (Å²) in [6.07, 6.45) is 25.5. The van der Waals surface area contributed by atoms with Crippen molar-refractivity contribution in [3.8, 4) is 5.75 Å². The minimum atomic E-state index is 0.452. The Bertz CT molecular complexity index is 469. The number of benzene rings is 1. The van der Waals surface area contributed by atoms with Gasteiger partial charge in [0.25, 0.3) is 0 Å². The summed E-state index contributed by atoms with van der Waals surface area (Å²) < 4.78 is 0. The number of hydrogen-bond donors (Lipinski definition) is 2. The van der Waals surface area contributed by atoms with Crippen molar-refractivity contribution < 1.29 is 5.11 Å². The van der Waals surface area contributed by atoms with Crippen LogP contribution in [-0.2, 0) is 6.42 Å². The van der Waals surface area contributed by atoms with E-state index in [1.165, 1.54) is 96.3 Å². The van der Waals surface area contributed by atoms with Crippen LogP contribution in [0.25, 0.3) is 0 Å². The van der Waals surface area contributed by atoms with Gasteiger partial charge in [-0.15, -0.1) is 0 Å². The lowest BCUT2D eigenvalue weighted by molar-refractivity contribution is 0.466. The Balaban J connectivity index is 1.78. The molecule has 2 heteroatoms. The smallest absolute Gasteiger partial charge is 0.118 e. The Hall–Kier alpha value is -1.28. The molecule has 3 N–H and O–H groups in total. The van der Waals surface area contributed by atoms with Gasteiger partial charge in [-0.25, -0.2) is 0 Å². The van der Waals surface area contributed by atoms with Crippen molar-refractivity contribution >= 4 is 0 Å². The largest absolute Gasteiger partial charge is 0.508 e. The van der Waals surface area contributed by atoms with E-state index in [0.29, 0.717) is 5.75 Å². The highest BCUT2D eigenvalue weighted by Gasteiger charge is 1.99. The first-order valence-electron chi connectivity index (χ1n) is 11.5. The summed E-state index contributed by atoms with van der Waals surface area (Å²) in [4.78, 5) is 0. The van der Waals surface area contributed by atoms with Gasteiger partial charge in [-0.05, 0) is 63.1 Å². The monoisotopic (exact) mass is 373 g/mol. The lowest BCUT2D eigenvalue weighted by Gasteiger charge is -2.04. The molecule has 154 valence electrons. The Labute approximate surface area is 168 Å². The molecule has 1 aromatic carbocycles. The summed E-state index contributed by atoms with van der Waals surface area (Å²) in [7, 11) is 0. The van der Waals surface area contributed by atoms with Crippen molar-refractivity contribution in [3.05, 3.63) is 42.0 Å². The molecule has 0 fully saturated rings. The van der Waals surface area contributed by atoms with E-state index >= 15 is 0 Å². The van der Waals surface area contributed by atoms with Gasteiger partial charge in [0.15, 0.2) is 0 Å². The molecule has 0 atom stereocenters. The van der Waals surface area contributed by atoms with E-state index in [4.69, 9.17) is 5.73 Å². The number of aromatic hydroxyl groups is 1. The van der Waals surface area contributed by atoms with Crippen LogP contribution in [0.2, 0.25) is 0 Å². The number of phenolic OH excluding ortho intramolecular Hbond substituents is 1. The van der Waals surface area contributed by atoms with Crippen LogP contribution in [0, 0.1) is 0 Å². The lowest BCUT2D eigenvalue weighted by atomic mass is 10.0. The molecule has 2 nitrogen and oxygen atoms in total. The molecule has 1 aromatic rings. The first kappa shape index (κ1) is 23.8. The van der Waals surface area contributed by atoms with Gasteiger partial charge in [-0.1, -0.05) is 88.1 Å². The van der Waals surface area contributed by atoms with E-state index in [-0.39, 0.29) is 0 Å². The van der Waals surface area contributed by atoms with E-state index in [1.807, 2.05) is 18.2 Å². The molecule has 0 aliphatic rings. The summed E-state index contributed by atoms with van der Waals surface area (Å²) in [5.74, 6) is 0.452. The van der Waals surface area contributed by atoms with Gasteiger partial charge in [-0.3, -0.25) is 0 Å². The fourth-order valence-corrected chi connectivity index (χ4v) is 3.53. The summed E-state index contributed by atoms with van der Waals surface area (Å²) in [6.45, 7) is 0.850. The fourth-order valence-electron chi connectivity index (χ4n) is 3.53. The van der Waals surface area contributed by atoms with E-state index in [1.54, 1.807) is 6.07 Å². The van der Waals surface area contributed by atoms with Crippen molar-refractivity contribution in [2.45, 2.75) is 103 Å². The zero-order valence-corrected chi connectivity index (χ0v) is 17.5.